The van der Waals surface area contributed by atoms with Crippen LogP contribution in [0.1, 0.15) is 29.6 Å². The number of rotatable bonds is 2. The van der Waals surface area contributed by atoms with E-state index in [0.717, 1.165) is 31.5 Å². The molecule has 2 aliphatic heterocycles. The van der Waals surface area contributed by atoms with E-state index in [1.165, 1.54) is 12.5 Å². The summed E-state index contributed by atoms with van der Waals surface area (Å²) in [4.78, 5) is 29.3. The minimum atomic E-state index is -0.417. The molecule has 4 heterocycles. The van der Waals surface area contributed by atoms with Gasteiger partial charge in [-0.25, -0.2) is 0 Å². The lowest BCUT2D eigenvalue weighted by atomic mass is 9.78. The molecule has 0 bridgehead atoms. The Kier molecular flexibility index (Phi) is 3.49. The molecule has 2 aliphatic rings. The second kappa shape index (κ2) is 5.53. The molecular formula is C17H18N2O3S. The fraction of sp³-hybridized carbons (Fsp3) is 0.412. The molecule has 0 saturated carbocycles. The maximum atomic E-state index is 13.0. The number of anilines is 1. The summed E-state index contributed by atoms with van der Waals surface area (Å²) in [6.45, 7) is 1.96. The predicted octanol–water partition coefficient (Wildman–Crippen LogP) is 3.00. The van der Waals surface area contributed by atoms with Gasteiger partial charge in [0, 0.05) is 25.0 Å². The highest BCUT2D eigenvalue weighted by Gasteiger charge is 2.50. The first-order chi connectivity index (χ1) is 11.2. The first-order valence-electron chi connectivity index (χ1n) is 7.85. The molecule has 6 heteroatoms. The normalized spacial score (nSPS) is 24.6. The van der Waals surface area contributed by atoms with Gasteiger partial charge in [0.1, 0.15) is 6.26 Å². The van der Waals surface area contributed by atoms with E-state index in [4.69, 9.17) is 4.42 Å². The summed E-state index contributed by atoms with van der Waals surface area (Å²) < 4.78 is 5.01. The maximum absolute atomic E-state index is 13.0. The highest BCUT2D eigenvalue weighted by atomic mass is 32.1. The van der Waals surface area contributed by atoms with Gasteiger partial charge in [0.15, 0.2) is 0 Å². The molecule has 1 atom stereocenters. The molecule has 0 radical (unpaired) electrons. The molecule has 120 valence electrons. The highest BCUT2D eigenvalue weighted by molar-refractivity contribution is 7.08. The van der Waals surface area contributed by atoms with Crippen LogP contribution in [0.25, 0.3) is 0 Å². The van der Waals surface area contributed by atoms with Crippen molar-refractivity contribution < 1.29 is 14.0 Å². The number of hydrogen-bond acceptors (Lipinski definition) is 4. The van der Waals surface area contributed by atoms with Gasteiger partial charge in [0.25, 0.3) is 5.91 Å². The van der Waals surface area contributed by atoms with Crippen molar-refractivity contribution in [1.29, 1.82) is 0 Å². The Morgan fingerprint density at radius 2 is 2.17 bits per heavy atom. The van der Waals surface area contributed by atoms with Crippen molar-refractivity contribution in [2.45, 2.75) is 19.3 Å². The molecule has 23 heavy (non-hydrogen) atoms. The number of amides is 2. The van der Waals surface area contributed by atoms with Crippen molar-refractivity contribution >= 4 is 28.8 Å². The topological polar surface area (TPSA) is 53.8 Å². The van der Waals surface area contributed by atoms with Crippen LogP contribution < -0.4 is 4.90 Å². The zero-order valence-electron chi connectivity index (χ0n) is 12.7. The largest absolute Gasteiger partial charge is 0.472 e. The molecule has 1 unspecified atom stereocenters. The van der Waals surface area contributed by atoms with Gasteiger partial charge < -0.3 is 14.2 Å². The van der Waals surface area contributed by atoms with Crippen molar-refractivity contribution in [3.8, 4) is 0 Å². The number of furan rings is 1. The molecule has 1 spiro atoms. The fourth-order valence-corrected chi connectivity index (χ4v) is 4.37. The second-order valence-electron chi connectivity index (χ2n) is 6.31. The van der Waals surface area contributed by atoms with Gasteiger partial charge in [-0.3, -0.25) is 9.59 Å². The molecule has 2 aromatic rings. The molecule has 0 aromatic carbocycles. The Morgan fingerprint density at radius 3 is 2.91 bits per heavy atom. The van der Waals surface area contributed by atoms with E-state index >= 15 is 0 Å². The monoisotopic (exact) mass is 330 g/mol. The van der Waals surface area contributed by atoms with E-state index in [2.05, 4.69) is 0 Å². The third-order valence-corrected chi connectivity index (χ3v) is 5.63. The molecule has 4 rings (SSSR count). The second-order valence-corrected chi connectivity index (χ2v) is 7.09. The summed E-state index contributed by atoms with van der Waals surface area (Å²) in [5, 5.41) is 4.00. The van der Waals surface area contributed by atoms with Gasteiger partial charge in [-0.15, -0.1) is 0 Å². The molecule has 2 saturated heterocycles. The quantitative estimate of drug-likeness (QED) is 0.850. The summed E-state index contributed by atoms with van der Waals surface area (Å²) in [6.07, 6.45) is 5.52. The Hall–Kier alpha value is -2.08. The van der Waals surface area contributed by atoms with Crippen molar-refractivity contribution in [2.24, 2.45) is 5.41 Å². The van der Waals surface area contributed by atoms with E-state index in [-0.39, 0.29) is 11.8 Å². The van der Waals surface area contributed by atoms with E-state index in [1.807, 2.05) is 26.6 Å². The molecule has 0 aliphatic carbocycles. The molecule has 2 aromatic heterocycles. The van der Waals surface area contributed by atoms with Crippen molar-refractivity contribution in [2.75, 3.05) is 24.5 Å². The van der Waals surface area contributed by atoms with E-state index in [9.17, 15) is 9.59 Å². The minimum absolute atomic E-state index is 0.0420. The summed E-state index contributed by atoms with van der Waals surface area (Å²) in [5.41, 5.74) is 1.12. The Bertz CT molecular complexity index is 710. The van der Waals surface area contributed by atoms with E-state index in [1.54, 1.807) is 17.4 Å². The highest BCUT2D eigenvalue weighted by Crippen LogP contribution is 2.42. The third kappa shape index (κ3) is 2.37. The Balaban J connectivity index is 1.55. The van der Waals surface area contributed by atoms with Gasteiger partial charge in [0.2, 0.25) is 5.91 Å². The Labute approximate surface area is 138 Å². The van der Waals surface area contributed by atoms with Gasteiger partial charge in [-0.05, 0) is 36.8 Å². The van der Waals surface area contributed by atoms with Gasteiger partial charge >= 0.3 is 0 Å². The number of carbonyl (C=O) groups excluding carboxylic acids is 2. The van der Waals surface area contributed by atoms with Crippen LogP contribution in [-0.4, -0.2) is 36.3 Å². The number of thiophene rings is 1. The van der Waals surface area contributed by atoms with Gasteiger partial charge in [-0.2, -0.15) is 11.3 Å². The van der Waals surface area contributed by atoms with Crippen LogP contribution in [0.2, 0.25) is 0 Å². The predicted molar refractivity (Wildman–Crippen MR) is 87.6 cm³/mol. The van der Waals surface area contributed by atoms with Crippen molar-refractivity contribution in [3.05, 3.63) is 41.0 Å². The lowest BCUT2D eigenvalue weighted by molar-refractivity contribution is -0.127. The molecule has 5 nitrogen and oxygen atoms in total. The molecule has 0 N–H and O–H groups in total. The number of piperidine rings is 1. The smallest absolute Gasteiger partial charge is 0.257 e. The SMILES string of the molecule is O=C(c1ccoc1)N1CCCC2(CCN(c3ccsc3)C2=O)C1. The summed E-state index contributed by atoms with van der Waals surface area (Å²) >= 11 is 1.60. The van der Waals surface area contributed by atoms with Crippen LogP contribution in [-0.2, 0) is 4.79 Å². The van der Waals surface area contributed by atoms with Crippen LogP contribution >= 0.6 is 11.3 Å². The van der Waals surface area contributed by atoms with Gasteiger partial charge in [0.05, 0.1) is 22.9 Å². The van der Waals surface area contributed by atoms with Crippen molar-refractivity contribution in [3.63, 3.8) is 0 Å². The zero-order chi connectivity index (χ0) is 15.9. The number of likely N-dealkylation sites (tertiary alicyclic amines) is 1. The number of carbonyl (C=O) groups is 2. The molecule has 2 amide bonds. The zero-order valence-corrected chi connectivity index (χ0v) is 13.6. The van der Waals surface area contributed by atoms with Crippen molar-refractivity contribution in [1.82, 2.24) is 4.90 Å². The summed E-state index contributed by atoms with van der Waals surface area (Å²) in [6, 6.07) is 3.66. The van der Waals surface area contributed by atoms with Crippen LogP contribution in [0.15, 0.2) is 39.8 Å². The molecular weight excluding hydrogens is 312 g/mol. The lowest BCUT2D eigenvalue weighted by Gasteiger charge is -2.38. The summed E-state index contributed by atoms with van der Waals surface area (Å²) in [7, 11) is 0. The maximum Gasteiger partial charge on any atom is 0.257 e. The average Bonchev–Trinajstić information content (AvgIpc) is 3.31. The van der Waals surface area contributed by atoms with Crippen LogP contribution in [0.5, 0.6) is 0 Å². The third-order valence-electron chi connectivity index (χ3n) is 4.96. The first-order valence-corrected chi connectivity index (χ1v) is 8.80. The first kappa shape index (κ1) is 14.5. The fourth-order valence-electron chi connectivity index (χ4n) is 3.73. The Morgan fingerprint density at radius 1 is 1.26 bits per heavy atom. The molecule has 2 fully saturated rings. The van der Waals surface area contributed by atoms with Gasteiger partial charge in [-0.1, -0.05) is 0 Å². The number of nitrogens with zero attached hydrogens (tertiary/aromatic N) is 2. The number of hydrogen-bond donors (Lipinski definition) is 0. The lowest BCUT2D eigenvalue weighted by Crippen LogP contribution is -2.49. The van der Waals surface area contributed by atoms with E-state index < -0.39 is 5.41 Å². The van der Waals surface area contributed by atoms with Crippen LogP contribution in [0.3, 0.4) is 0 Å². The average molecular weight is 330 g/mol. The van der Waals surface area contributed by atoms with E-state index in [0.29, 0.717) is 18.7 Å². The summed E-state index contributed by atoms with van der Waals surface area (Å²) in [5.74, 6) is 0.125. The van der Waals surface area contributed by atoms with Crippen LogP contribution in [0, 0.1) is 5.41 Å². The standard InChI is InChI=1S/C17H18N2O3S/c20-15(13-2-8-22-10-13)18-6-1-4-17(12-18)5-7-19(16(17)21)14-3-9-23-11-14/h2-3,8-11H,1,4-7,12H2. The van der Waals surface area contributed by atoms with Crippen LogP contribution in [0.4, 0.5) is 5.69 Å². The minimum Gasteiger partial charge on any atom is -0.472 e.